The number of fused-ring (bicyclic) bond motifs is 1. The normalized spacial score (nSPS) is 20.8. The van der Waals surface area contributed by atoms with Crippen LogP contribution in [0.1, 0.15) is 90.4 Å². The number of hydrogen-bond donors (Lipinski definition) is 0. The molecule has 0 saturated heterocycles. The van der Waals surface area contributed by atoms with Crippen LogP contribution in [0.5, 0.6) is 0 Å². The minimum atomic E-state index is -0.0143. The second kappa shape index (κ2) is 9.89. The first-order valence-electron chi connectivity index (χ1n) is 9.80. The van der Waals surface area contributed by atoms with Crippen LogP contribution in [0.3, 0.4) is 0 Å². The van der Waals surface area contributed by atoms with Gasteiger partial charge in [-0.3, -0.25) is 14.5 Å². The maximum atomic E-state index is 12.3. The van der Waals surface area contributed by atoms with Crippen LogP contribution in [0.2, 0.25) is 0 Å². The summed E-state index contributed by atoms with van der Waals surface area (Å²) < 4.78 is 0. The third kappa shape index (κ3) is 5.47. The van der Waals surface area contributed by atoms with Crippen molar-refractivity contribution in [3.05, 3.63) is 11.6 Å². The Labute approximate surface area is 141 Å². The first kappa shape index (κ1) is 18.2. The summed E-state index contributed by atoms with van der Waals surface area (Å²) in [4.78, 5) is 26.1. The van der Waals surface area contributed by atoms with E-state index in [1.165, 1.54) is 56.3 Å². The Hall–Kier alpha value is -1.12. The fourth-order valence-electron chi connectivity index (χ4n) is 3.74. The molecule has 0 spiro atoms. The minimum Gasteiger partial charge on any atom is -0.278 e. The van der Waals surface area contributed by atoms with Crippen molar-refractivity contribution in [2.75, 3.05) is 6.54 Å². The van der Waals surface area contributed by atoms with Crippen LogP contribution in [-0.2, 0) is 9.59 Å². The molecule has 3 heteroatoms. The van der Waals surface area contributed by atoms with Gasteiger partial charge in [-0.1, -0.05) is 70.8 Å². The van der Waals surface area contributed by atoms with Crippen LogP contribution in [-0.4, -0.2) is 23.3 Å². The third-order valence-corrected chi connectivity index (χ3v) is 5.20. The van der Waals surface area contributed by atoms with E-state index < -0.39 is 0 Å². The summed E-state index contributed by atoms with van der Waals surface area (Å²) in [5.74, 6) is 0.0239. The zero-order chi connectivity index (χ0) is 16.5. The largest absolute Gasteiger partial charge is 0.278 e. The average molecular weight is 319 g/mol. The number of amides is 2. The lowest BCUT2D eigenvalue weighted by atomic mass is 9.85. The SMILES string of the molecule is CCCCCCCCCCCCN1C(=O)C2=CC(CCC2)C1=O. The molecule has 2 aliphatic rings. The molecule has 0 aromatic heterocycles. The van der Waals surface area contributed by atoms with E-state index in [4.69, 9.17) is 0 Å². The quantitative estimate of drug-likeness (QED) is 0.397. The van der Waals surface area contributed by atoms with E-state index in [0.29, 0.717) is 6.54 Å². The number of hydrogen-bond acceptors (Lipinski definition) is 2. The van der Waals surface area contributed by atoms with Crippen molar-refractivity contribution in [2.24, 2.45) is 5.92 Å². The van der Waals surface area contributed by atoms with Gasteiger partial charge in [0.2, 0.25) is 5.91 Å². The van der Waals surface area contributed by atoms with E-state index in [2.05, 4.69) is 6.92 Å². The topological polar surface area (TPSA) is 37.4 Å². The molecule has 0 aromatic rings. The second-order valence-corrected chi connectivity index (χ2v) is 7.17. The van der Waals surface area contributed by atoms with Gasteiger partial charge in [-0.05, 0) is 25.7 Å². The number of unbranched alkanes of at least 4 members (excludes halogenated alkanes) is 9. The molecule has 1 heterocycles. The molecule has 0 fully saturated rings. The highest BCUT2D eigenvalue weighted by Crippen LogP contribution is 2.30. The zero-order valence-corrected chi connectivity index (χ0v) is 14.8. The molecular weight excluding hydrogens is 286 g/mol. The maximum Gasteiger partial charge on any atom is 0.256 e. The van der Waals surface area contributed by atoms with Crippen molar-refractivity contribution in [1.29, 1.82) is 0 Å². The third-order valence-electron chi connectivity index (χ3n) is 5.20. The fourth-order valence-corrected chi connectivity index (χ4v) is 3.74. The summed E-state index contributed by atoms with van der Waals surface area (Å²) in [6.07, 6.45) is 17.4. The lowest BCUT2D eigenvalue weighted by Crippen LogP contribution is -2.46. The molecule has 1 atom stereocenters. The van der Waals surface area contributed by atoms with E-state index in [0.717, 1.165) is 37.7 Å². The molecule has 2 bridgehead atoms. The molecule has 1 aliphatic carbocycles. The molecule has 0 aromatic carbocycles. The Morgan fingerprint density at radius 3 is 2.22 bits per heavy atom. The summed E-state index contributed by atoms with van der Waals surface area (Å²) in [6.45, 7) is 2.88. The first-order chi connectivity index (χ1) is 11.2. The number of nitrogens with zero attached hydrogens (tertiary/aromatic N) is 1. The highest BCUT2D eigenvalue weighted by molar-refractivity contribution is 6.08. The van der Waals surface area contributed by atoms with Crippen molar-refractivity contribution in [1.82, 2.24) is 4.90 Å². The van der Waals surface area contributed by atoms with Crippen molar-refractivity contribution in [2.45, 2.75) is 90.4 Å². The van der Waals surface area contributed by atoms with E-state index in [1.54, 1.807) is 0 Å². The number of rotatable bonds is 11. The summed E-state index contributed by atoms with van der Waals surface area (Å²) in [5.41, 5.74) is 0.882. The van der Waals surface area contributed by atoms with Gasteiger partial charge in [-0.25, -0.2) is 0 Å². The van der Waals surface area contributed by atoms with Gasteiger partial charge in [-0.15, -0.1) is 0 Å². The van der Waals surface area contributed by atoms with Crippen LogP contribution < -0.4 is 0 Å². The second-order valence-electron chi connectivity index (χ2n) is 7.17. The number of likely N-dealkylation sites (tertiary alicyclic amines) is 1. The smallest absolute Gasteiger partial charge is 0.256 e. The number of carbonyl (C=O) groups excluding carboxylic acids is 2. The van der Waals surface area contributed by atoms with Gasteiger partial charge in [-0.2, -0.15) is 0 Å². The molecule has 0 radical (unpaired) electrons. The van der Waals surface area contributed by atoms with Crippen LogP contribution in [0.4, 0.5) is 0 Å². The Balaban J connectivity index is 1.55. The fraction of sp³-hybridized carbons (Fsp3) is 0.800. The summed E-state index contributed by atoms with van der Waals surface area (Å²) in [7, 11) is 0. The van der Waals surface area contributed by atoms with Crippen LogP contribution >= 0.6 is 0 Å². The average Bonchev–Trinajstić information content (AvgIpc) is 2.58. The van der Waals surface area contributed by atoms with E-state index >= 15 is 0 Å². The Bertz CT molecular complexity index is 427. The molecule has 0 saturated carbocycles. The number of imide groups is 1. The van der Waals surface area contributed by atoms with Gasteiger partial charge in [0.1, 0.15) is 0 Å². The molecule has 0 N–H and O–H groups in total. The lowest BCUT2D eigenvalue weighted by Gasteiger charge is -2.33. The summed E-state index contributed by atoms with van der Waals surface area (Å²) in [5, 5.41) is 0. The van der Waals surface area contributed by atoms with Gasteiger partial charge < -0.3 is 0 Å². The molecule has 2 amide bonds. The van der Waals surface area contributed by atoms with Crippen LogP contribution in [0.15, 0.2) is 11.6 Å². The first-order valence-corrected chi connectivity index (χ1v) is 9.80. The highest BCUT2D eigenvalue weighted by atomic mass is 16.2. The lowest BCUT2D eigenvalue weighted by molar-refractivity contribution is -0.146. The van der Waals surface area contributed by atoms with E-state index in [1.807, 2.05) is 6.08 Å². The molecule has 130 valence electrons. The molecule has 3 nitrogen and oxygen atoms in total. The molecule has 1 unspecified atom stereocenters. The predicted molar refractivity (Wildman–Crippen MR) is 94.0 cm³/mol. The number of carbonyl (C=O) groups is 2. The standard InChI is InChI=1S/C20H33NO2/c1-2-3-4-5-6-7-8-9-10-11-15-21-19(22)17-13-12-14-18(16-17)20(21)23/h16-17H,2-15H2,1H3. The van der Waals surface area contributed by atoms with E-state index in [9.17, 15) is 9.59 Å². The summed E-state index contributed by atoms with van der Waals surface area (Å²) >= 11 is 0. The summed E-state index contributed by atoms with van der Waals surface area (Å²) in [6, 6.07) is 0. The minimum absolute atomic E-state index is 0.0122. The maximum absolute atomic E-state index is 12.3. The van der Waals surface area contributed by atoms with Crippen molar-refractivity contribution in [3.63, 3.8) is 0 Å². The molecule has 1 aliphatic heterocycles. The van der Waals surface area contributed by atoms with Crippen LogP contribution in [0, 0.1) is 5.92 Å². The molecule has 23 heavy (non-hydrogen) atoms. The highest BCUT2D eigenvalue weighted by Gasteiger charge is 2.36. The Kier molecular flexibility index (Phi) is 7.84. The van der Waals surface area contributed by atoms with Gasteiger partial charge in [0, 0.05) is 12.1 Å². The van der Waals surface area contributed by atoms with Crippen LogP contribution in [0.25, 0.3) is 0 Å². The van der Waals surface area contributed by atoms with Gasteiger partial charge in [0.25, 0.3) is 5.91 Å². The van der Waals surface area contributed by atoms with Crippen molar-refractivity contribution in [3.8, 4) is 0 Å². The van der Waals surface area contributed by atoms with Gasteiger partial charge in [0.05, 0.1) is 5.92 Å². The van der Waals surface area contributed by atoms with Crippen molar-refractivity contribution < 1.29 is 9.59 Å². The van der Waals surface area contributed by atoms with E-state index in [-0.39, 0.29) is 17.7 Å². The molecule has 2 rings (SSSR count). The van der Waals surface area contributed by atoms with Gasteiger partial charge >= 0.3 is 0 Å². The Morgan fingerprint density at radius 2 is 1.57 bits per heavy atom. The molecular formula is C20H33NO2. The zero-order valence-electron chi connectivity index (χ0n) is 14.8. The monoisotopic (exact) mass is 319 g/mol. The Morgan fingerprint density at radius 1 is 0.957 bits per heavy atom. The van der Waals surface area contributed by atoms with Crippen molar-refractivity contribution >= 4 is 11.8 Å². The predicted octanol–water partition coefficient (Wildman–Crippen LogP) is 5.00. The van der Waals surface area contributed by atoms with Gasteiger partial charge in [0.15, 0.2) is 0 Å².